The van der Waals surface area contributed by atoms with Crippen LogP contribution in [-0.2, 0) is 14.8 Å². The number of hydrogen-bond donors (Lipinski definition) is 2. The summed E-state index contributed by atoms with van der Waals surface area (Å²) in [5, 5.41) is 13.9. The Kier molecular flexibility index (Phi) is 3.96. The standard InChI is InChI=1S/C7H8F3N3O4S/c8-7(9,10)4-13(3-6(14)15)18(16,17)5-1-11-12-2-5/h1-2H,3-4H2,(H,11,12)(H,14,15). The van der Waals surface area contributed by atoms with Crippen LogP contribution in [0.15, 0.2) is 17.3 Å². The van der Waals surface area contributed by atoms with Crippen molar-refractivity contribution in [2.24, 2.45) is 0 Å². The van der Waals surface area contributed by atoms with Gasteiger partial charge in [0.05, 0.1) is 6.20 Å². The van der Waals surface area contributed by atoms with E-state index in [1.54, 1.807) is 0 Å². The van der Waals surface area contributed by atoms with Gasteiger partial charge in [-0.1, -0.05) is 0 Å². The van der Waals surface area contributed by atoms with E-state index in [-0.39, 0.29) is 4.31 Å². The molecule has 2 N–H and O–H groups in total. The van der Waals surface area contributed by atoms with Crippen LogP contribution in [-0.4, -0.2) is 53.3 Å². The molecule has 11 heteroatoms. The Bertz CT molecular complexity index is 511. The van der Waals surface area contributed by atoms with Gasteiger partial charge in [-0.25, -0.2) is 8.42 Å². The molecule has 18 heavy (non-hydrogen) atoms. The number of rotatable bonds is 5. The maximum absolute atomic E-state index is 12.2. The second kappa shape index (κ2) is 4.94. The number of halogens is 3. The molecule has 0 aromatic carbocycles. The summed E-state index contributed by atoms with van der Waals surface area (Å²) in [6.07, 6.45) is -3.19. The second-order valence-electron chi connectivity index (χ2n) is 3.22. The highest BCUT2D eigenvalue weighted by Crippen LogP contribution is 2.21. The fourth-order valence-electron chi connectivity index (χ4n) is 1.11. The quantitative estimate of drug-likeness (QED) is 0.796. The predicted octanol–water partition coefficient (Wildman–Crippen LogP) is 0.0473. The van der Waals surface area contributed by atoms with E-state index in [1.807, 2.05) is 0 Å². The first kappa shape index (κ1) is 14.4. The zero-order chi connectivity index (χ0) is 14.0. The highest BCUT2D eigenvalue weighted by atomic mass is 32.2. The molecule has 0 radical (unpaired) electrons. The summed E-state index contributed by atoms with van der Waals surface area (Å²) >= 11 is 0. The van der Waals surface area contributed by atoms with E-state index in [0.717, 1.165) is 12.4 Å². The molecule has 0 aliphatic heterocycles. The van der Waals surface area contributed by atoms with Crippen LogP contribution >= 0.6 is 0 Å². The Balaban J connectivity index is 3.07. The van der Waals surface area contributed by atoms with Crippen LogP contribution in [0.1, 0.15) is 0 Å². The normalized spacial score (nSPS) is 12.9. The van der Waals surface area contributed by atoms with E-state index >= 15 is 0 Å². The molecular weight excluding hydrogens is 279 g/mol. The van der Waals surface area contributed by atoms with E-state index in [0.29, 0.717) is 0 Å². The first-order chi connectivity index (χ1) is 8.13. The van der Waals surface area contributed by atoms with Gasteiger partial charge in [-0.2, -0.15) is 22.6 Å². The van der Waals surface area contributed by atoms with Gasteiger partial charge in [-0.15, -0.1) is 0 Å². The summed E-state index contributed by atoms with van der Waals surface area (Å²) in [6, 6.07) is 0. The van der Waals surface area contributed by atoms with Crippen LogP contribution in [0.2, 0.25) is 0 Å². The van der Waals surface area contributed by atoms with Crippen LogP contribution < -0.4 is 0 Å². The number of carboxylic acid groups (broad SMARTS) is 1. The van der Waals surface area contributed by atoms with Crippen LogP contribution in [0.25, 0.3) is 0 Å². The minimum atomic E-state index is -4.84. The fraction of sp³-hybridized carbons (Fsp3) is 0.429. The highest BCUT2D eigenvalue weighted by Gasteiger charge is 2.38. The average molecular weight is 287 g/mol. The number of aliphatic carboxylic acids is 1. The molecule has 0 saturated carbocycles. The highest BCUT2D eigenvalue weighted by molar-refractivity contribution is 7.89. The summed E-state index contributed by atoms with van der Waals surface area (Å²) in [6.45, 7) is -3.17. The topological polar surface area (TPSA) is 103 Å². The monoisotopic (exact) mass is 287 g/mol. The van der Waals surface area contributed by atoms with E-state index in [2.05, 4.69) is 10.2 Å². The zero-order valence-corrected chi connectivity index (χ0v) is 9.49. The first-order valence-corrected chi connectivity index (χ1v) is 5.84. The molecule has 0 spiro atoms. The second-order valence-corrected chi connectivity index (χ2v) is 5.15. The molecule has 0 saturated heterocycles. The Hall–Kier alpha value is -1.62. The Morgan fingerprint density at radius 1 is 1.50 bits per heavy atom. The van der Waals surface area contributed by atoms with Crippen molar-refractivity contribution in [1.82, 2.24) is 14.5 Å². The van der Waals surface area contributed by atoms with Gasteiger partial charge in [-0.05, 0) is 0 Å². The van der Waals surface area contributed by atoms with Crippen LogP contribution in [0.4, 0.5) is 13.2 Å². The zero-order valence-electron chi connectivity index (χ0n) is 8.68. The summed E-state index contributed by atoms with van der Waals surface area (Å²) in [5.74, 6) is -1.69. The molecule has 1 rings (SSSR count). The van der Waals surface area contributed by atoms with Crippen molar-refractivity contribution in [2.45, 2.75) is 11.1 Å². The lowest BCUT2D eigenvalue weighted by molar-refractivity contribution is -0.146. The number of carbonyl (C=O) groups is 1. The Morgan fingerprint density at radius 2 is 2.11 bits per heavy atom. The third kappa shape index (κ3) is 3.70. The van der Waals surface area contributed by atoms with Gasteiger partial charge < -0.3 is 5.11 Å². The lowest BCUT2D eigenvalue weighted by atomic mass is 10.5. The molecule has 0 bridgehead atoms. The SMILES string of the molecule is O=C(O)CN(CC(F)(F)F)S(=O)(=O)c1cn[nH]c1. The van der Waals surface area contributed by atoms with Crippen molar-refractivity contribution in [2.75, 3.05) is 13.1 Å². The number of hydrogen-bond acceptors (Lipinski definition) is 4. The lowest BCUT2D eigenvalue weighted by Gasteiger charge is -2.20. The molecule has 0 atom stereocenters. The van der Waals surface area contributed by atoms with Crippen LogP contribution in [0.5, 0.6) is 0 Å². The van der Waals surface area contributed by atoms with Crippen molar-refractivity contribution in [1.29, 1.82) is 0 Å². The van der Waals surface area contributed by atoms with Crippen molar-refractivity contribution in [3.8, 4) is 0 Å². The molecule has 1 aromatic heterocycles. The maximum Gasteiger partial charge on any atom is 0.402 e. The number of sulfonamides is 1. The number of aromatic amines is 1. The molecule has 102 valence electrons. The average Bonchev–Trinajstić information content (AvgIpc) is 2.66. The number of H-pyrrole nitrogens is 1. The third-order valence-corrected chi connectivity index (χ3v) is 3.54. The number of nitrogens with one attached hydrogen (secondary N) is 1. The van der Waals surface area contributed by atoms with Gasteiger partial charge >= 0.3 is 12.1 Å². The summed E-state index contributed by atoms with van der Waals surface area (Å²) in [4.78, 5) is 9.88. The minimum absolute atomic E-state index is 0.180. The molecule has 1 heterocycles. The smallest absolute Gasteiger partial charge is 0.402 e. The molecule has 0 unspecified atom stereocenters. The maximum atomic E-state index is 12.2. The largest absolute Gasteiger partial charge is 0.480 e. The number of aromatic nitrogens is 2. The summed E-state index contributed by atoms with van der Waals surface area (Å²) in [7, 11) is -4.55. The third-order valence-electron chi connectivity index (χ3n) is 1.78. The molecule has 0 fully saturated rings. The molecular formula is C7H8F3N3O4S. The van der Waals surface area contributed by atoms with E-state index in [1.165, 1.54) is 0 Å². The van der Waals surface area contributed by atoms with Crippen molar-refractivity contribution >= 4 is 16.0 Å². The summed E-state index contributed by atoms with van der Waals surface area (Å²) < 4.78 is 59.9. The number of carboxylic acids is 1. The molecule has 0 amide bonds. The Morgan fingerprint density at radius 3 is 2.50 bits per heavy atom. The Labute approximate surface area is 99.3 Å². The van der Waals surface area contributed by atoms with E-state index in [9.17, 15) is 26.4 Å². The van der Waals surface area contributed by atoms with Crippen LogP contribution in [0, 0.1) is 0 Å². The molecule has 7 nitrogen and oxygen atoms in total. The van der Waals surface area contributed by atoms with Crippen LogP contribution in [0.3, 0.4) is 0 Å². The predicted molar refractivity (Wildman–Crippen MR) is 51.0 cm³/mol. The lowest BCUT2D eigenvalue weighted by Crippen LogP contribution is -2.41. The van der Waals surface area contributed by atoms with Crippen molar-refractivity contribution in [3.63, 3.8) is 0 Å². The molecule has 1 aromatic rings. The van der Waals surface area contributed by atoms with Crippen molar-refractivity contribution < 1.29 is 31.5 Å². The first-order valence-electron chi connectivity index (χ1n) is 4.40. The number of nitrogens with zero attached hydrogens (tertiary/aromatic N) is 2. The van der Waals surface area contributed by atoms with Gasteiger partial charge in [0.2, 0.25) is 10.0 Å². The van der Waals surface area contributed by atoms with Gasteiger partial charge in [0.25, 0.3) is 0 Å². The van der Waals surface area contributed by atoms with Gasteiger partial charge in [-0.3, -0.25) is 9.89 Å². The number of alkyl halides is 3. The van der Waals surface area contributed by atoms with Gasteiger partial charge in [0.1, 0.15) is 18.0 Å². The van der Waals surface area contributed by atoms with Gasteiger partial charge in [0, 0.05) is 6.20 Å². The fourth-order valence-corrected chi connectivity index (χ4v) is 2.39. The molecule has 0 aliphatic rings. The summed E-state index contributed by atoms with van der Waals surface area (Å²) in [5.41, 5.74) is 0. The minimum Gasteiger partial charge on any atom is -0.480 e. The molecule has 0 aliphatic carbocycles. The van der Waals surface area contributed by atoms with Gasteiger partial charge in [0.15, 0.2) is 0 Å². The van der Waals surface area contributed by atoms with E-state index in [4.69, 9.17) is 5.11 Å². The van der Waals surface area contributed by atoms with Crippen molar-refractivity contribution in [3.05, 3.63) is 12.4 Å². The van der Waals surface area contributed by atoms with E-state index < -0.39 is 40.2 Å².